The summed E-state index contributed by atoms with van der Waals surface area (Å²) < 4.78 is 13.8. The van der Waals surface area contributed by atoms with Crippen molar-refractivity contribution >= 4 is 11.6 Å². The number of benzene rings is 1. The Morgan fingerprint density at radius 3 is 2.63 bits per heavy atom. The van der Waals surface area contributed by atoms with Gasteiger partial charge in [0.15, 0.2) is 0 Å². The molecule has 0 saturated carbocycles. The molecule has 0 fully saturated rings. The quantitative estimate of drug-likeness (QED) is 0.841. The highest BCUT2D eigenvalue weighted by atomic mass is 35.5. The van der Waals surface area contributed by atoms with E-state index in [9.17, 15) is 9.65 Å². The molecule has 1 aromatic carbocycles. The van der Waals surface area contributed by atoms with Gasteiger partial charge in [0.2, 0.25) is 0 Å². The van der Waals surface area contributed by atoms with E-state index in [-0.39, 0.29) is 0 Å². The Hall–Kier alpha value is -1.92. The first-order valence-electron chi connectivity index (χ1n) is 5.95. The Kier molecular flexibility index (Phi) is 4.48. The molecule has 0 amide bonds. The van der Waals surface area contributed by atoms with Gasteiger partial charge in [-0.2, -0.15) is 5.26 Å². The van der Waals surface area contributed by atoms with Gasteiger partial charge in [-0.15, -0.1) is 0 Å². The summed E-state index contributed by atoms with van der Waals surface area (Å²) in [5.41, 5.74) is 1.36. The van der Waals surface area contributed by atoms with Crippen LogP contribution in [0.25, 0.3) is 0 Å². The molecule has 1 heterocycles. The first-order chi connectivity index (χ1) is 9.22. The fraction of sp³-hybridized carbons (Fsp3) is 0.200. The SMILES string of the molecule is N#CC(CCc1ccncc1)c1c(F)cccc1Cl. The molecule has 1 atom stereocenters. The molecule has 19 heavy (non-hydrogen) atoms. The fourth-order valence-electron chi connectivity index (χ4n) is 1.98. The monoisotopic (exact) mass is 274 g/mol. The molecule has 1 aromatic heterocycles. The molecule has 0 radical (unpaired) electrons. The largest absolute Gasteiger partial charge is 0.265 e. The summed E-state index contributed by atoms with van der Waals surface area (Å²) in [6.45, 7) is 0. The number of pyridine rings is 1. The topological polar surface area (TPSA) is 36.7 Å². The van der Waals surface area contributed by atoms with Gasteiger partial charge in [0.25, 0.3) is 0 Å². The lowest BCUT2D eigenvalue weighted by molar-refractivity contribution is 0.592. The molecule has 0 bridgehead atoms. The van der Waals surface area contributed by atoms with E-state index in [2.05, 4.69) is 11.1 Å². The van der Waals surface area contributed by atoms with Crippen molar-refractivity contribution in [2.24, 2.45) is 0 Å². The van der Waals surface area contributed by atoms with Crippen LogP contribution in [0.5, 0.6) is 0 Å². The van der Waals surface area contributed by atoms with Crippen LogP contribution in [-0.4, -0.2) is 4.98 Å². The summed E-state index contributed by atoms with van der Waals surface area (Å²) >= 11 is 5.98. The van der Waals surface area contributed by atoms with Crippen LogP contribution in [0, 0.1) is 17.1 Å². The second-order valence-corrected chi connectivity index (χ2v) is 4.62. The highest BCUT2D eigenvalue weighted by Crippen LogP contribution is 2.30. The van der Waals surface area contributed by atoms with Gasteiger partial charge >= 0.3 is 0 Å². The third kappa shape index (κ3) is 3.30. The predicted octanol–water partition coefficient (Wildman–Crippen LogP) is 4.11. The average molecular weight is 275 g/mol. The van der Waals surface area contributed by atoms with E-state index in [0.29, 0.717) is 23.4 Å². The molecule has 96 valence electrons. The number of aryl methyl sites for hydroxylation is 1. The number of nitrogens with zero attached hydrogens (tertiary/aromatic N) is 2. The lowest BCUT2D eigenvalue weighted by Gasteiger charge is -2.12. The van der Waals surface area contributed by atoms with Crippen molar-refractivity contribution in [1.82, 2.24) is 4.98 Å². The third-order valence-corrected chi connectivity index (χ3v) is 3.30. The molecule has 4 heteroatoms. The van der Waals surface area contributed by atoms with E-state index in [0.717, 1.165) is 5.56 Å². The van der Waals surface area contributed by atoms with Crippen molar-refractivity contribution in [3.05, 3.63) is 64.7 Å². The van der Waals surface area contributed by atoms with Crippen molar-refractivity contribution < 1.29 is 4.39 Å². The van der Waals surface area contributed by atoms with Gasteiger partial charge in [0.05, 0.1) is 12.0 Å². The van der Waals surface area contributed by atoms with Crippen molar-refractivity contribution in [3.8, 4) is 6.07 Å². The average Bonchev–Trinajstić information content (AvgIpc) is 2.43. The van der Waals surface area contributed by atoms with E-state index in [1.807, 2.05) is 12.1 Å². The zero-order valence-corrected chi connectivity index (χ0v) is 10.9. The highest BCUT2D eigenvalue weighted by molar-refractivity contribution is 6.31. The van der Waals surface area contributed by atoms with Gasteiger partial charge in [-0.05, 0) is 42.7 Å². The zero-order chi connectivity index (χ0) is 13.7. The normalized spacial score (nSPS) is 11.8. The number of nitriles is 1. The van der Waals surface area contributed by atoms with E-state index in [4.69, 9.17) is 11.6 Å². The van der Waals surface area contributed by atoms with Crippen LogP contribution in [0.15, 0.2) is 42.7 Å². The summed E-state index contributed by atoms with van der Waals surface area (Å²) in [5.74, 6) is -0.962. The molecule has 0 saturated heterocycles. The second kappa shape index (κ2) is 6.31. The Balaban J connectivity index is 2.16. The van der Waals surface area contributed by atoms with Gasteiger partial charge in [-0.3, -0.25) is 4.98 Å². The highest BCUT2D eigenvalue weighted by Gasteiger charge is 2.18. The summed E-state index contributed by atoms with van der Waals surface area (Å²) in [5, 5.41) is 9.53. The molecule has 2 nitrogen and oxygen atoms in total. The van der Waals surface area contributed by atoms with Crippen molar-refractivity contribution in [1.29, 1.82) is 5.26 Å². The maximum Gasteiger partial charge on any atom is 0.129 e. The van der Waals surface area contributed by atoms with Crippen LogP contribution in [0.3, 0.4) is 0 Å². The van der Waals surface area contributed by atoms with Gasteiger partial charge < -0.3 is 0 Å². The maximum absolute atomic E-state index is 13.8. The van der Waals surface area contributed by atoms with Crippen LogP contribution in [0.2, 0.25) is 5.02 Å². The maximum atomic E-state index is 13.8. The van der Waals surface area contributed by atoms with Gasteiger partial charge in [0, 0.05) is 23.0 Å². The number of hydrogen-bond acceptors (Lipinski definition) is 2. The van der Waals surface area contributed by atoms with Gasteiger partial charge in [-0.25, -0.2) is 4.39 Å². The van der Waals surface area contributed by atoms with E-state index < -0.39 is 11.7 Å². The Bertz CT molecular complexity index is 573. The minimum Gasteiger partial charge on any atom is -0.265 e. The lowest BCUT2D eigenvalue weighted by atomic mass is 9.93. The number of rotatable bonds is 4. The summed E-state index contributed by atoms with van der Waals surface area (Å²) in [6, 6.07) is 10.4. The van der Waals surface area contributed by atoms with Crippen molar-refractivity contribution in [2.45, 2.75) is 18.8 Å². The van der Waals surface area contributed by atoms with Crippen LogP contribution in [0.1, 0.15) is 23.5 Å². The second-order valence-electron chi connectivity index (χ2n) is 4.21. The number of hydrogen-bond donors (Lipinski definition) is 0. The zero-order valence-electron chi connectivity index (χ0n) is 10.2. The number of aromatic nitrogens is 1. The molecule has 0 spiro atoms. The number of halogens is 2. The van der Waals surface area contributed by atoms with Gasteiger partial charge in [0.1, 0.15) is 5.82 Å². The summed E-state index contributed by atoms with van der Waals surface area (Å²) in [6.07, 6.45) is 4.62. The smallest absolute Gasteiger partial charge is 0.129 e. The molecule has 0 aliphatic heterocycles. The molecule has 0 aliphatic carbocycles. The van der Waals surface area contributed by atoms with Crippen molar-refractivity contribution in [2.75, 3.05) is 0 Å². The van der Waals surface area contributed by atoms with Gasteiger partial charge in [-0.1, -0.05) is 17.7 Å². The van der Waals surface area contributed by atoms with Crippen LogP contribution >= 0.6 is 11.6 Å². The van der Waals surface area contributed by atoms with Crippen molar-refractivity contribution in [3.63, 3.8) is 0 Å². The summed E-state index contributed by atoms with van der Waals surface area (Å²) in [7, 11) is 0. The minimum absolute atomic E-state index is 0.292. The Labute approximate surface area is 116 Å². The van der Waals surface area contributed by atoms with E-state index >= 15 is 0 Å². The minimum atomic E-state index is -0.540. The standard InChI is InChI=1S/C15H12ClFN2/c16-13-2-1-3-14(17)15(13)12(10-18)5-4-11-6-8-19-9-7-11/h1-3,6-9,12H,4-5H2. The molecule has 0 aliphatic rings. The third-order valence-electron chi connectivity index (χ3n) is 2.98. The molecular formula is C15H12ClFN2. The van der Waals surface area contributed by atoms with Crippen LogP contribution in [0.4, 0.5) is 4.39 Å². The van der Waals surface area contributed by atoms with Crippen LogP contribution < -0.4 is 0 Å². The molecule has 0 N–H and O–H groups in total. The van der Waals surface area contributed by atoms with E-state index in [1.54, 1.807) is 24.5 Å². The van der Waals surface area contributed by atoms with Crippen LogP contribution in [-0.2, 0) is 6.42 Å². The first-order valence-corrected chi connectivity index (χ1v) is 6.32. The molecule has 2 rings (SSSR count). The molecule has 2 aromatic rings. The Morgan fingerprint density at radius 2 is 2.00 bits per heavy atom. The first kappa shape index (κ1) is 13.5. The lowest BCUT2D eigenvalue weighted by Crippen LogP contribution is -2.02. The molecule has 1 unspecified atom stereocenters. The predicted molar refractivity (Wildman–Crippen MR) is 72.3 cm³/mol. The fourth-order valence-corrected chi connectivity index (χ4v) is 2.27. The molecular weight excluding hydrogens is 263 g/mol. The van der Waals surface area contributed by atoms with E-state index in [1.165, 1.54) is 6.07 Å². The Morgan fingerprint density at radius 1 is 1.26 bits per heavy atom. The summed E-state index contributed by atoms with van der Waals surface area (Å²) in [4.78, 5) is 3.93.